The van der Waals surface area contributed by atoms with Gasteiger partial charge in [-0.2, -0.15) is 0 Å². The summed E-state index contributed by atoms with van der Waals surface area (Å²) < 4.78 is 5.08. The third-order valence-electron chi connectivity index (χ3n) is 5.63. The molecule has 0 radical (unpaired) electrons. The van der Waals surface area contributed by atoms with Crippen molar-refractivity contribution in [2.75, 3.05) is 20.7 Å². The quantitative estimate of drug-likeness (QED) is 0.823. The molecule has 22 heavy (non-hydrogen) atoms. The van der Waals surface area contributed by atoms with Gasteiger partial charge in [0.1, 0.15) is 0 Å². The van der Waals surface area contributed by atoms with Crippen LogP contribution in [0.5, 0.6) is 0 Å². The lowest BCUT2D eigenvalue weighted by atomic mass is 9.67. The molecule has 0 spiro atoms. The number of piperidine rings is 1. The van der Waals surface area contributed by atoms with Crippen molar-refractivity contribution in [3.63, 3.8) is 0 Å². The maximum Gasteiger partial charge on any atom is 0.312 e. The molecular formula is C18H22N2O2. The summed E-state index contributed by atoms with van der Waals surface area (Å²) in [6, 6.07) is 6.94. The molecule has 4 nitrogen and oxygen atoms in total. The fraction of sp³-hybridized carbons (Fsp3) is 0.500. The Morgan fingerprint density at radius 2 is 2.27 bits per heavy atom. The van der Waals surface area contributed by atoms with E-state index in [1.165, 1.54) is 29.1 Å². The van der Waals surface area contributed by atoms with E-state index in [4.69, 9.17) is 4.74 Å². The summed E-state index contributed by atoms with van der Waals surface area (Å²) in [5.74, 6) is 0.291. The number of nitrogens with zero attached hydrogens (tertiary/aromatic N) is 1. The molecular weight excluding hydrogens is 276 g/mol. The molecule has 2 aliphatic rings. The molecule has 0 saturated carbocycles. The zero-order valence-electron chi connectivity index (χ0n) is 13.3. The Morgan fingerprint density at radius 3 is 3.05 bits per heavy atom. The van der Waals surface area contributed by atoms with Crippen LogP contribution in [0.2, 0.25) is 0 Å². The van der Waals surface area contributed by atoms with Gasteiger partial charge in [-0.15, -0.1) is 0 Å². The van der Waals surface area contributed by atoms with Gasteiger partial charge in [0.25, 0.3) is 0 Å². The van der Waals surface area contributed by atoms with Crippen LogP contribution in [0.25, 0.3) is 10.9 Å². The zero-order valence-corrected chi connectivity index (χ0v) is 13.3. The van der Waals surface area contributed by atoms with Crippen LogP contribution < -0.4 is 0 Å². The van der Waals surface area contributed by atoms with Gasteiger partial charge in [0.15, 0.2) is 0 Å². The number of benzene rings is 1. The third kappa shape index (κ3) is 1.76. The molecule has 0 unspecified atom stereocenters. The summed E-state index contributed by atoms with van der Waals surface area (Å²) in [5, 5.41) is 1.37. The Kier molecular flexibility index (Phi) is 2.89. The first kappa shape index (κ1) is 13.8. The van der Waals surface area contributed by atoms with Gasteiger partial charge >= 0.3 is 5.97 Å². The summed E-state index contributed by atoms with van der Waals surface area (Å²) >= 11 is 0. The first-order chi connectivity index (χ1) is 10.5. The van der Waals surface area contributed by atoms with Gasteiger partial charge in [-0.05, 0) is 44.0 Å². The number of aromatic amines is 1. The molecule has 1 saturated heterocycles. The van der Waals surface area contributed by atoms with Gasteiger partial charge < -0.3 is 14.6 Å². The summed E-state index contributed by atoms with van der Waals surface area (Å²) in [7, 11) is 3.63. The highest BCUT2D eigenvalue weighted by Crippen LogP contribution is 2.48. The Morgan fingerprint density at radius 1 is 1.45 bits per heavy atom. The number of methoxy groups -OCH3 is 1. The zero-order chi connectivity index (χ0) is 15.5. The number of carbonyl (C=O) groups excluding carboxylic acids is 1. The van der Waals surface area contributed by atoms with Crippen LogP contribution in [0.3, 0.4) is 0 Å². The summed E-state index contributed by atoms with van der Waals surface area (Å²) in [6.45, 7) is 2.80. The van der Waals surface area contributed by atoms with Crippen LogP contribution in [0.4, 0.5) is 0 Å². The van der Waals surface area contributed by atoms with Crippen molar-refractivity contribution in [3.8, 4) is 0 Å². The van der Waals surface area contributed by atoms with Gasteiger partial charge in [-0.1, -0.05) is 12.1 Å². The van der Waals surface area contributed by atoms with Crippen LogP contribution in [0.15, 0.2) is 24.4 Å². The molecule has 4 heteroatoms. The van der Waals surface area contributed by atoms with Crippen LogP contribution in [-0.4, -0.2) is 42.6 Å². The number of nitrogens with one attached hydrogen (secondary N) is 1. The van der Waals surface area contributed by atoms with Crippen molar-refractivity contribution in [1.29, 1.82) is 0 Å². The molecule has 1 aliphatic carbocycles. The summed E-state index contributed by atoms with van der Waals surface area (Å²) in [6.07, 6.45) is 4.06. The second-order valence-electron chi connectivity index (χ2n) is 7.13. The van der Waals surface area contributed by atoms with E-state index in [-0.39, 0.29) is 5.97 Å². The maximum absolute atomic E-state index is 12.3. The van der Waals surface area contributed by atoms with E-state index in [0.29, 0.717) is 12.0 Å². The molecule has 1 fully saturated rings. The molecule has 1 aliphatic heterocycles. The normalized spacial score (nSPS) is 31.0. The molecule has 1 aromatic heterocycles. The molecule has 4 rings (SSSR count). The fourth-order valence-corrected chi connectivity index (χ4v) is 4.65. The number of aromatic nitrogens is 1. The summed E-state index contributed by atoms with van der Waals surface area (Å²) in [4.78, 5) is 18.0. The highest BCUT2D eigenvalue weighted by Gasteiger charge is 2.48. The minimum Gasteiger partial charge on any atom is -0.469 e. The number of hydrogen-bond acceptors (Lipinski definition) is 3. The minimum absolute atomic E-state index is 0.0927. The second-order valence-corrected chi connectivity index (χ2v) is 7.13. The predicted molar refractivity (Wildman–Crippen MR) is 85.9 cm³/mol. The summed E-state index contributed by atoms with van der Waals surface area (Å²) in [5.41, 5.74) is 3.56. The van der Waals surface area contributed by atoms with E-state index in [2.05, 4.69) is 41.3 Å². The standard InChI is InChI=1S/C18H22N2O2/c1-18(17(21)22-3)8-13-12-5-4-6-14-16(12)11(9-19-14)7-15(13)20(2)10-18/h4-6,9,13,15,19H,7-8,10H2,1-3H3/t13-,15-,18-/m1/s1. The van der Waals surface area contributed by atoms with Crippen LogP contribution in [-0.2, 0) is 16.0 Å². The molecule has 0 amide bonds. The Labute approximate surface area is 130 Å². The SMILES string of the molecule is COC(=O)[C@]1(C)C[C@@H]2c3cccc4[nH]cc(c34)C[C@H]2N(C)C1. The van der Waals surface area contributed by atoms with Crippen molar-refractivity contribution in [2.45, 2.75) is 31.7 Å². The highest BCUT2D eigenvalue weighted by molar-refractivity contribution is 5.88. The van der Waals surface area contributed by atoms with Crippen molar-refractivity contribution in [2.24, 2.45) is 5.41 Å². The number of ether oxygens (including phenoxy) is 1. The molecule has 116 valence electrons. The third-order valence-corrected chi connectivity index (χ3v) is 5.63. The molecule has 2 aromatic rings. The maximum atomic E-state index is 12.3. The largest absolute Gasteiger partial charge is 0.469 e. The number of likely N-dealkylation sites (tertiary alicyclic amines) is 1. The number of likely N-dealkylation sites (N-methyl/N-ethyl adjacent to an activating group) is 1. The van der Waals surface area contributed by atoms with Crippen molar-refractivity contribution >= 4 is 16.9 Å². The molecule has 0 bridgehead atoms. The van der Waals surface area contributed by atoms with E-state index in [1.54, 1.807) is 0 Å². The minimum atomic E-state index is -0.430. The van der Waals surface area contributed by atoms with Crippen molar-refractivity contribution in [3.05, 3.63) is 35.5 Å². The Balaban J connectivity index is 1.83. The molecule has 1 aromatic carbocycles. The number of carbonyl (C=O) groups is 1. The van der Waals surface area contributed by atoms with Crippen LogP contribution in [0.1, 0.15) is 30.4 Å². The lowest BCUT2D eigenvalue weighted by Gasteiger charge is -2.48. The number of H-pyrrole nitrogens is 1. The van der Waals surface area contributed by atoms with E-state index < -0.39 is 5.41 Å². The number of hydrogen-bond donors (Lipinski definition) is 1. The topological polar surface area (TPSA) is 45.3 Å². The second kappa shape index (κ2) is 4.59. The van der Waals surface area contributed by atoms with Gasteiger partial charge in [-0.3, -0.25) is 4.79 Å². The van der Waals surface area contributed by atoms with Gasteiger partial charge in [0.05, 0.1) is 12.5 Å². The Hall–Kier alpha value is -1.81. The lowest BCUT2D eigenvalue weighted by molar-refractivity contribution is -0.156. The lowest BCUT2D eigenvalue weighted by Crippen LogP contribution is -2.54. The van der Waals surface area contributed by atoms with E-state index in [0.717, 1.165) is 19.4 Å². The first-order valence-corrected chi connectivity index (χ1v) is 7.91. The number of rotatable bonds is 1. The van der Waals surface area contributed by atoms with Gasteiger partial charge in [-0.25, -0.2) is 0 Å². The van der Waals surface area contributed by atoms with Crippen molar-refractivity contribution < 1.29 is 9.53 Å². The first-order valence-electron chi connectivity index (χ1n) is 7.91. The molecule has 2 heterocycles. The monoisotopic (exact) mass is 298 g/mol. The van der Waals surface area contributed by atoms with E-state index in [9.17, 15) is 4.79 Å². The number of fused-ring (bicyclic) bond motifs is 2. The van der Waals surface area contributed by atoms with E-state index >= 15 is 0 Å². The molecule has 1 N–H and O–H groups in total. The predicted octanol–water partition coefficient (Wildman–Crippen LogP) is 2.69. The van der Waals surface area contributed by atoms with Crippen molar-refractivity contribution in [1.82, 2.24) is 9.88 Å². The average Bonchev–Trinajstić information content (AvgIpc) is 2.92. The highest BCUT2D eigenvalue weighted by atomic mass is 16.5. The van der Waals surface area contributed by atoms with Gasteiger partial charge in [0.2, 0.25) is 0 Å². The fourth-order valence-electron chi connectivity index (χ4n) is 4.65. The van der Waals surface area contributed by atoms with Crippen LogP contribution in [0, 0.1) is 5.41 Å². The molecule has 3 atom stereocenters. The Bertz CT molecular complexity index is 751. The van der Waals surface area contributed by atoms with E-state index in [1.807, 2.05) is 6.92 Å². The number of esters is 1. The average molecular weight is 298 g/mol. The van der Waals surface area contributed by atoms with Gasteiger partial charge in [0, 0.05) is 35.6 Å². The smallest absolute Gasteiger partial charge is 0.312 e. The van der Waals surface area contributed by atoms with Crippen LogP contribution >= 0.6 is 0 Å².